The van der Waals surface area contributed by atoms with Gasteiger partial charge in [0.15, 0.2) is 0 Å². The van der Waals surface area contributed by atoms with Crippen molar-refractivity contribution in [3.8, 4) is 0 Å². The van der Waals surface area contributed by atoms with Crippen LogP contribution in [0.4, 0.5) is 6.01 Å². The van der Waals surface area contributed by atoms with Gasteiger partial charge in [-0.15, -0.1) is 5.10 Å². The highest BCUT2D eigenvalue weighted by molar-refractivity contribution is 5.25. The van der Waals surface area contributed by atoms with Gasteiger partial charge in [-0.05, 0) is 20.9 Å². The molecule has 1 aromatic rings. The Balaban J connectivity index is 2.04. The Morgan fingerprint density at radius 1 is 1.31 bits per heavy atom. The number of hydrogen-bond acceptors (Lipinski definition) is 6. The van der Waals surface area contributed by atoms with Crippen molar-refractivity contribution in [1.82, 2.24) is 15.5 Å². The lowest BCUT2D eigenvalue weighted by Gasteiger charge is -2.33. The fourth-order valence-corrected chi connectivity index (χ4v) is 1.93. The summed E-state index contributed by atoms with van der Waals surface area (Å²) in [6.07, 6.45) is 0.395. The topological polar surface area (TPSA) is 63.4 Å². The van der Waals surface area contributed by atoms with Crippen LogP contribution in [-0.2, 0) is 11.3 Å². The van der Waals surface area contributed by atoms with Gasteiger partial charge in [-0.25, -0.2) is 0 Å². The number of nitrogens with zero attached hydrogens (tertiary/aromatic N) is 3. The van der Waals surface area contributed by atoms with E-state index in [-0.39, 0.29) is 12.2 Å². The SMILES string of the molecule is CNCc1nnc(N2C[C@@H](C)O[C@@H](C)C2)o1. The van der Waals surface area contributed by atoms with E-state index in [9.17, 15) is 0 Å². The summed E-state index contributed by atoms with van der Waals surface area (Å²) in [5.41, 5.74) is 0. The van der Waals surface area contributed by atoms with Crippen LogP contribution in [0.15, 0.2) is 4.42 Å². The first kappa shape index (κ1) is 11.3. The number of aromatic nitrogens is 2. The third-order valence-electron chi connectivity index (χ3n) is 2.47. The summed E-state index contributed by atoms with van der Waals surface area (Å²) in [6.45, 7) is 6.29. The Morgan fingerprint density at radius 3 is 2.62 bits per heavy atom. The van der Waals surface area contributed by atoms with Crippen molar-refractivity contribution < 1.29 is 9.15 Å². The van der Waals surface area contributed by atoms with Crippen molar-refractivity contribution >= 4 is 6.01 Å². The predicted octanol–water partition coefficient (Wildman–Crippen LogP) is 0.403. The van der Waals surface area contributed by atoms with Crippen molar-refractivity contribution in [2.45, 2.75) is 32.6 Å². The van der Waals surface area contributed by atoms with Crippen LogP contribution in [0.1, 0.15) is 19.7 Å². The largest absolute Gasteiger partial charge is 0.407 e. The van der Waals surface area contributed by atoms with Crippen LogP contribution >= 0.6 is 0 Å². The van der Waals surface area contributed by atoms with Gasteiger partial charge < -0.3 is 19.4 Å². The fourth-order valence-electron chi connectivity index (χ4n) is 1.93. The zero-order valence-corrected chi connectivity index (χ0v) is 9.93. The molecule has 2 rings (SSSR count). The van der Waals surface area contributed by atoms with Crippen LogP contribution in [0.3, 0.4) is 0 Å². The molecule has 2 heterocycles. The molecule has 0 unspecified atom stereocenters. The second-order valence-corrected chi connectivity index (χ2v) is 4.17. The Labute approximate surface area is 95.0 Å². The molecule has 6 nitrogen and oxygen atoms in total. The standard InChI is InChI=1S/C10H18N4O2/c1-7-5-14(6-8(2)15-7)10-13-12-9(16-10)4-11-3/h7-8,11H,4-6H2,1-3H3/t7-,8+. The van der Waals surface area contributed by atoms with Crippen molar-refractivity contribution in [2.24, 2.45) is 0 Å². The van der Waals surface area contributed by atoms with Crippen LogP contribution in [-0.4, -0.2) is 42.5 Å². The summed E-state index contributed by atoms with van der Waals surface area (Å²) < 4.78 is 11.2. The quantitative estimate of drug-likeness (QED) is 0.805. The minimum atomic E-state index is 0.198. The van der Waals surface area contributed by atoms with E-state index in [1.54, 1.807) is 0 Å². The molecule has 0 radical (unpaired) electrons. The van der Waals surface area contributed by atoms with E-state index in [1.807, 2.05) is 20.9 Å². The van der Waals surface area contributed by atoms with Gasteiger partial charge in [-0.1, -0.05) is 5.10 Å². The molecule has 0 aliphatic carbocycles. The molecule has 16 heavy (non-hydrogen) atoms. The smallest absolute Gasteiger partial charge is 0.318 e. The Kier molecular flexibility index (Phi) is 3.40. The van der Waals surface area contributed by atoms with E-state index in [0.717, 1.165) is 13.1 Å². The number of nitrogens with one attached hydrogen (secondary N) is 1. The molecule has 1 N–H and O–H groups in total. The van der Waals surface area contributed by atoms with Gasteiger partial charge in [-0.2, -0.15) is 0 Å². The van der Waals surface area contributed by atoms with E-state index in [0.29, 0.717) is 18.5 Å². The van der Waals surface area contributed by atoms with Crippen molar-refractivity contribution in [3.05, 3.63) is 5.89 Å². The minimum Gasteiger partial charge on any atom is -0.407 e. The summed E-state index contributed by atoms with van der Waals surface area (Å²) in [6, 6.07) is 0.590. The molecular weight excluding hydrogens is 208 g/mol. The number of hydrogen-bond donors (Lipinski definition) is 1. The highest BCUT2D eigenvalue weighted by Gasteiger charge is 2.25. The molecule has 0 amide bonds. The third-order valence-corrected chi connectivity index (χ3v) is 2.47. The first-order chi connectivity index (χ1) is 7.69. The van der Waals surface area contributed by atoms with Crippen molar-refractivity contribution in [3.63, 3.8) is 0 Å². The van der Waals surface area contributed by atoms with Crippen molar-refractivity contribution in [2.75, 3.05) is 25.0 Å². The van der Waals surface area contributed by atoms with Gasteiger partial charge in [0.2, 0.25) is 5.89 Å². The van der Waals surface area contributed by atoms with Crippen molar-refractivity contribution in [1.29, 1.82) is 0 Å². The Bertz CT molecular complexity index is 331. The molecule has 1 saturated heterocycles. The van der Waals surface area contributed by atoms with Gasteiger partial charge in [-0.3, -0.25) is 0 Å². The molecule has 6 heteroatoms. The third kappa shape index (κ3) is 2.51. The summed E-state index contributed by atoms with van der Waals surface area (Å²) >= 11 is 0. The first-order valence-electron chi connectivity index (χ1n) is 5.56. The van der Waals surface area contributed by atoms with Gasteiger partial charge in [0, 0.05) is 13.1 Å². The van der Waals surface area contributed by atoms with Crippen LogP contribution in [0.2, 0.25) is 0 Å². The number of ether oxygens (including phenoxy) is 1. The maximum absolute atomic E-state index is 5.65. The average molecular weight is 226 g/mol. The van der Waals surface area contributed by atoms with E-state index >= 15 is 0 Å². The van der Waals surface area contributed by atoms with Crippen LogP contribution in [0.5, 0.6) is 0 Å². The average Bonchev–Trinajstić information content (AvgIpc) is 2.65. The molecule has 1 aliphatic heterocycles. The maximum Gasteiger partial charge on any atom is 0.318 e. The van der Waals surface area contributed by atoms with Gasteiger partial charge in [0.25, 0.3) is 0 Å². The molecule has 90 valence electrons. The second kappa shape index (κ2) is 4.80. The molecule has 1 aliphatic rings. The predicted molar refractivity (Wildman–Crippen MR) is 59.3 cm³/mol. The van der Waals surface area contributed by atoms with Crippen LogP contribution < -0.4 is 10.2 Å². The highest BCUT2D eigenvalue weighted by atomic mass is 16.5. The molecule has 2 atom stereocenters. The summed E-state index contributed by atoms with van der Waals surface area (Å²) in [7, 11) is 1.85. The van der Waals surface area contributed by atoms with E-state index < -0.39 is 0 Å². The Morgan fingerprint density at radius 2 is 2.00 bits per heavy atom. The van der Waals surface area contributed by atoms with Gasteiger partial charge in [0.1, 0.15) is 0 Å². The normalized spacial score (nSPS) is 26.1. The second-order valence-electron chi connectivity index (χ2n) is 4.17. The summed E-state index contributed by atoms with van der Waals surface area (Å²) in [5.74, 6) is 0.615. The lowest BCUT2D eigenvalue weighted by atomic mass is 10.2. The van der Waals surface area contributed by atoms with E-state index in [2.05, 4.69) is 20.4 Å². The van der Waals surface area contributed by atoms with Gasteiger partial charge >= 0.3 is 6.01 Å². The lowest BCUT2D eigenvalue weighted by molar-refractivity contribution is -0.00676. The first-order valence-corrected chi connectivity index (χ1v) is 5.56. The maximum atomic E-state index is 5.65. The highest BCUT2D eigenvalue weighted by Crippen LogP contribution is 2.18. The molecular formula is C10H18N4O2. The fraction of sp³-hybridized carbons (Fsp3) is 0.800. The van der Waals surface area contributed by atoms with E-state index in [1.165, 1.54) is 0 Å². The monoisotopic (exact) mass is 226 g/mol. The summed E-state index contributed by atoms with van der Waals surface area (Å²) in [5, 5.41) is 11.0. The number of morpholine rings is 1. The molecule has 1 aromatic heterocycles. The molecule has 0 bridgehead atoms. The zero-order valence-electron chi connectivity index (χ0n) is 9.93. The minimum absolute atomic E-state index is 0.198. The molecule has 1 fully saturated rings. The number of rotatable bonds is 3. The zero-order chi connectivity index (χ0) is 11.5. The van der Waals surface area contributed by atoms with Crippen LogP contribution in [0, 0.1) is 0 Å². The molecule has 0 saturated carbocycles. The number of anilines is 1. The summed E-state index contributed by atoms with van der Waals surface area (Å²) in [4.78, 5) is 2.07. The molecule has 0 aromatic carbocycles. The van der Waals surface area contributed by atoms with E-state index in [4.69, 9.17) is 9.15 Å². The Hall–Kier alpha value is -1.14. The molecule has 0 spiro atoms. The van der Waals surface area contributed by atoms with Gasteiger partial charge in [0.05, 0.1) is 18.8 Å². The van der Waals surface area contributed by atoms with Crippen LogP contribution in [0.25, 0.3) is 0 Å². The lowest BCUT2D eigenvalue weighted by Crippen LogP contribution is -2.45.